The molecule has 3 aromatic carbocycles. The predicted octanol–water partition coefficient (Wildman–Crippen LogP) is 7.70. The van der Waals surface area contributed by atoms with Gasteiger partial charge in [-0.2, -0.15) is 0 Å². The molecular formula is C28H28Si. The summed E-state index contributed by atoms with van der Waals surface area (Å²) in [6.07, 6.45) is 2.45. The first-order valence-electron chi connectivity index (χ1n) is 10.7. The zero-order valence-corrected chi connectivity index (χ0v) is 18.7. The fourth-order valence-corrected chi connectivity index (χ4v) is 10.8. The number of allylic oxidation sites excluding steroid dienone is 3. The first-order chi connectivity index (χ1) is 14.0. The molecule has 0 bridgehead atoms. The van der Waals surface area contributed by atoms with E-state index < -0.39 is 8.07 Å². The second kappa shape index (κ2) is 6.71. The summed E-state index contributed by atoms with van der Waals surface area (Å²) in [4.78, 5) is 0. The Hall–Kier alpha value is -2.64. The van der Waals surface area contributed by atoms with Crippen molar-refractivity contribution < 1.29 is 0 Å². The molecule has 0 spiro atoms. The molecule has 0 radical (unpaired) electrons. The van der Waals surface area contributed by atoms with E-state index in [1.165, 1.54) is 39.0 Å². The van der Waals surface area contributed by atoms with E-state index in [-0.39, 0.29) is 0 Å². The predicted molar refractivity (Wildman–Crippen MR) is 128 cm³/mol. The van der Waals surface area contributed by atoms with Gasteiger partial charge in [-0.1, -0.05) is 110 Å². The molecule has 0 nitrogen and oxygen atoms in total. The van der Waals surface area contributed by atoms with Crippen LogP contribution in [0.4, 0.5) is 0 Å². The van der Waals surface area contributed by atoms with Crippen molar-refractivity contribution in [3.63, 3.8) is 0 Å². The van der Waals surface area contributed by atoms with Gasteiger partial charge in [-0.3, -0.25) is 0 Å². The van der Waals surface area contributed by atoms with Gasteiger partial charge in [-0.05, 0) is 51.8 Å². The molecule has 0 amide bonds. The normalized spacial score (nSPS) is 20.5. The number of benzene rings is 3. The Morgan fingerprint density at radius 1 is 0.724 bits per heavy atom. The Labute approximate surface area is 175 Å². The summed E-state index contributed by atoms with van der Waals surface area (Å²) in [6, 6.07) is 29.1. The zero-order valence-electron chi connectivity index (χ0n) is 17.7. The van der Waals surface area contributed by atoms with Gasteiger partial charge in [0, 0.05) is 5.54 Å². The van der Waals surface area contributed by atoms with E-state index >= 15 is 0 Å². The van der Waals surface area contributed by atoms with E-state index in [1.807, 2.05) is 0 Å². The van der Waals surface area contributed by atoms with E-state index in [0.29, 0.717) is 11.5 Å². The van der Waals surface area contributed by atoms with Crippen LogP contribution < -0.4 is 0 Å². The summed E-state index contributed by atoms with van der Waals surface area (Å²) in [6.45, 7) is 9.97. The van der Waals surface area contributed by atoms with E-state index in [1.54, 1.807) is 5.20 Å². The van der Waals surface area contributed by atoms with Crippen LogP contribution in [0.3, 0.4) is 0 Å². The first kappa shape index (κ1) is 18.4. The Kier molecular flexibility index (Phi) is 4.25. The molecule has 2 aliphatic carbocycles. The van der Waals surface area contributed by atoms with Crippen LogP contribution in [0.25, 0.3) is 17.2 Å². The van der Waals surface area contributed by atoms with Crippen LogP contribution in [0.1, 0.15) is 53.1 Å². The van der Waals surface area contributed by atoms with Crippen molar-refractivity contribution in [3.8, 4) is 0 Å². The van der Waals surface area contributed by atoms with Gasteiger partial charge < -0.3 is 0 Å². The smallest absolute Gasteiger partial charge is 0.0694 e. The summed E-state index contributed by atoms with van der Waals surface area (Å²) >= 11 is 0. The van der Waals surface area contributed by atoms with Crippen molar-refractivity contribution in [2.24, 2.45) is 0 Å². The summed E-state index contributed by atoms with van der Waals surface area (Å²) in [7, 11) is -1.85. The van der Waals surface area contributed by atoms with E-state index in [0.717, 1.165) is 0 Å². The van der Waals surface area contributed by atoms with Crippen LogP contribution in [0, 0.1) is 0 Å². The second-order valence-electron chi connectivity index (χ2n) is 9.10. The Morgan fingerprint density at radius 2 is 1.34 bits per heavy atom. The third-order valence-electron chi connectivity index (χ3n) is 7.12. The fourth-order valence-electron chi connectivity index (χ4n) is 6.02. The molecule has 0 saturated heterocycles. The quantitative estimate of drug-likeness (QED) is 0.401. The van der Waals surface area contributed by atoms with Gasteiger partial charge in [0.15, 0.2) is 0 Å². The van der Waals surface area contributed by atoms with E-state index in [9.17, 15) is 0 Å². The lowest BCUT2D eigenvalue weighted by atomic mass is 10.0. The molecule has 2 aliphatic rings. The van der Waals surface area contributed by atoms with Crippen LogP contribution in [-0.4, -0.2) is 8.07 Å². The standard InChI is InChI=1S/C28H28Si/c1-19-23-15-10-11-16-24(23)20(2)27(19)29(3,4)28-25-17-9-8-14-22(25)18-26(28)21-12-6-5-7-13-21/h5-19,28H,1-4H3. The van der Waals surface area contributed by atoms with Crippen LogP contribution in [0.2, 0.25) is 13.1 Å². The maximum Gasteiger partial charge on any atom is 0.0888 e. The van der Waals surface area contributed by atoms with Gasteiger partial charge in [-0.15, -0.1) is 0 Å². The fraction of sp³-hybridized carbons (Fsp3) is 0.214. The van der Waals surface area contributed by atoms with E-state index in [2.05, 4.69) is 112 Å². The minimum atomic E-state index is -1.85. The van der Waals surface area contributed by atoms with Gasteiger partial charge in [0.2, 0.25) is 0 Å². The van der Waals surface area contributed by atoms with Crippen LogP contribution >= 0.6 is 0 Å². The molecule has 2 unspecified atom stereocenters. The molecule has 2 atom stereocenters. The summed E-state index contributed by atoms with van der Waals surface area (Å²) in [5.74, 6) is 0.512. The molecule has 0 aromatic heterocycles. The topological polar surface area (TPSA) is 0 Å². The van der Waals surface area contributed by atoms with Crippen LogP contribution in [0.15, 0.2) is 84.1 Å². The zero-order chi connectivity index (χ0) is 20.2. The maximum atomic E-state index is 2.60. The lowest BCUT2D eigenvalue weighted by Crippen LogP contribution is -2.39. The van der Waals surface area contributed by atoms with Gasteiger partial charge in [-0.25, -0.2) is 0 Å². The summed E-state index contributed by atoms with van der Waals surface area (Å²) in [5, 5.41) is 1.72. The Balaban J connectivity index is 1.69. The van der Waals surface area contributed by atoms with Crippen molar-refractivity contribution in [3.05, 3.63) is 112 Å². The third-order valence-corrected chi connectivity index (χ3v) is 11.4. The lowest BCUT2D eigenvalue weighted by molar-refractivity contribution is 0.947. The largest absolute Gasteiger partial charge is 0.0888 e. The highest BCUT2D eigenvalue weighted by atomic mass is 28.3. The lowest BCUT2D eigenvalue weighted by Gasteiger charge is -2.37. The first-order valence-corrected chi connectivity index (χ1v) is 13.7. The van der Waals surface area contributed by atoms with Crippen molar-refractivity contribution >= 4 is 25.3 Å². The summed E-state index contributed by atoms with van der Waals surface area (Å²) < 4.78 is 0. The average Bonchev–Trinajstić information content (AvgIpc) is 3.26. The minimum Gasteiger partial charge on any atom is -0.0694 e. The minimum absolute atomic E-state index is 0.489. The molecule has 1 heteroatoms. The van der Waals surface area contributed by atoms with Gasteiger partial charge in [0.05, 0.1) is 8.07 Å². The third kappa shape index (κ3) is 2.72. The number of hydrogen-bond acceptors (Lipinski definition) is 0. The Morgan fingerprint density at radius 3 is 2.07 bits per heavy atom. The van der Waals surface area contributed by atoms with Crippen molar-refractivity contribution in [1.29, 1.82) is 0 Å². The number of fused-ring (bicyclic) bond motifs is 2. The van der Waals surface area contributed by atoms with Crippen LogP contribution in [0.5, 0.6) is 0 Å². The second-order valence-corrected chi connectivity index (χ2v) is 13.7. The van der Waals surface area contributed by atoms with Crippen LogP contribution in [-0.2, 0) is 0 Å². The highest BCUT2D eigenvalue weighted by Gasteiger charge is 2.46. The highest BCUT2D eigenvalue weighted by molar-refractivity contribution is 6.88. The maximum absolute atomic E-state index is 2.60. The molecule has 3 aromatic rings. The van der Waals surface area contributed by atoms with Crippen molar-refractivity contribution in [2.45, 2.75) is 38.4 Å². The molecule has 0 heterocycles. The molecule has 0 saturated carbocycles. The molecule has 5 rings (SSSR count). The average molecular weight is 393 g/mol. The molecular weight excluding hydrogens is 364 g/mol. The SMILES string of the molecule is CC1=C([Si](C)(C)C2C(c3ccccc3)=Cc3ccccc32)C(C)c2ccccc21. The van der Waals surface area contributed by atoms with Gasteiger partial charge in [0.25, 0.3) is 0 Å². The molecule has 0 fully saturated rings. The monoisotopic (exact) mass is 392 g/mol. The van der Waals surface area contributed by atoms with Crippen molar-refractivity contribution in [1.82, 2.24) is 0 Å². The Bertz CT molecular complexity index is 1150. The molecule has 0 N–H and O–H groups in total. The van der Waals surface area contributed by atoms with Gasteiger partial charge >= 0.3 is 0 Å². The summed E-state index contributed by atoms with van der Waals surface area (Å²) in [5.41, 5.74) is 10.8. The van der Waals surface area contributed by atoms with E-state index in [4.69, 9.17) is 0 Å². The highest BCUT2D eigenvalue weighted by Crippen LogP contribution is 2.54. The molecule has 29 heavy (non-hydrogen) atoms. The van der Waals surface area contributed by atoms with Crippen molar-refractivity contribution in [2.75, 3.05) is 0 Å². The number of hydrogen-bond donors (Lipinski definition) is 0. The number of rotatable bonds is 3. The molecule has 144 valence electrons. The van der Waals surface area contributed by atoms with Gasteiger partial charge in [0.1, 0.15) is 0 Å². The molecule has 0 aliphatic heterocycles.